The second-order valence-corrected chi connectivity index (χ2v) is 11.3. The van der Waals surface area contributed by atoms with E-state index >= 15 is 0 Å². The number of hydrogen-bond donors (Lipinski definition) is 1. The highest BCUT2D eigenvalue weighted by Crippen LogP contribution is 2.60. The highest BCUT2D eigenvalue weighted by Gasteiger charge is 2.56. The van der Waals surface area contributed by atoms with Crippen molar-refractivity contribution in [1.29, 1.82) is 0 Å². The van der Waals surface area contributed by atoms with Crippen molar-refractivity contribution in [3.63, 3.8) is 0 Å². The van der Waals surface area contributed by atoms with Crippen LogP contribution in [0.4, 0.5) is 0 Å². The van der Waals surface area contributed by atoms with Crippen molar-refractivity contribution in [1.82, 2.24) is 10.2 Å². The average molecular weight is 427 g/mol. The van der Waals surface area contributed by atoms with Gasteiger partial charge in [-0.3, -0.25) is 9.59 Å². The molecule has 1 aromatic carbocycles. The lowest BCUT2D eigenvalue weighted by Crippen LogP contribution is -2.57. The van der Waals surface area contributed by atoms with Crippen molar-refractivity contribution in [2.45, 2.75) is 68.7 Å². The second-order valence-electron chi connectivity index (χ2n) is 10.2. The van der Waals surface area contributed by atoms with Gasteiger partial charge in [-0.2, -0.15) is 0 Å². The van der Waals surface area contributed by atoms with Gasteiger partial charge >= 0.3 is 0 Å². The molecule has 1 saturated heterocycles. The fourth-order valence-electron chi connectivity index (χ4n) is 7.07. The van der Waals surface area contributed by atoms with Crippen LogP contribution in [0.2, 0.25) is 0 Å². The fourth-order valence-corrected chi connectivity index (χ4v) is 7.94. The topological polar surface area (TPSA) is 49.4 Å². The molecule has 5 heteroatoms. The molecule has 1 atom stereocenters. The minimum Gasteiger partial charge on any atom is -0.354 e. The summed E-state index contributed by atoms with van der Waals surface area (Å²) < 4.78 is 0. The Labute approximate surface area is 184 Å². The van der Waals surface area contributed by atoms with Gasteiger partial charge in [-0.1, -0.05) is 18.2 Å². The summed E-state index contributed by atoms with van der Waals surface area (Å²) >= 11 is 1.83. The second kappa shape index (κ2) is 8.57. The molecule has 0 spiro atoms. The van der Waals surface area contributed by atoms with Gasteiger partial charge in [0.2, 0.25) is 11.8 Å². The summed E-state index contributed by atoms with van der Waals surface area (Å²) in [7, 11) is 0. The Morgan fingerprint density at radius 2 is 1.70 bits per heavy atom. The third kappa shape index (κ3) is 4.02. The van der Waals surface area contributed by atoms with E-state index in [0.717, 1.165) is 68.6 Å². The minimum atomic E-state index is -0.243. The van der Waals surface area contributed by atoms with E-state index in [1.54, 1.807) is 0 Å². The summed E-state index contributed by atoms with van der Waals surface area (Å²) in [6.07, 6.45) is 10.0. The lowest BCUT2D eigenvalue weighted by molar-refractivity contribution is -0.160. The van der Waals surface area contributed by atoms with Crippen LogP contribution in [-0.4, -0.2) is 41.6 Å². The average Bonchev–Trinajstić information content (AvgIpc) is 3.22. The van der Waals surface area contributed by atoms with Gasteiger partial charge in [0.05, 0.1) is 5.41 Å². The molecule has 0 radical (unpaired) electrons. The van der Waals surface area contributed by atoms with E-state index in [1.807, 2.05) is 22.7 Å². The molecule has 5 fully saturated rings. The molecule has 30 heavy (non-hydrogen) atoms. The van der Waals surface area contributed by atoms with Gasteiger partial charge in [-0.05, 0) is 93.4 Å². The predicted octanol–water partition coefficient (Wildman–Crippen LogP) is 4.49. The van der Waals surface area contributed by atoms with E-state index in [0.29, 0.717) is 12.5 Å². The molecule has 2 amide bonds. The van der Waals surface area contributed by atoms with Crippen LogP contribution in [0.15, 0.2) is 35.2 Å². The molecular formula is C25H34N2O2S. The first kappa shape index (κ1) is 20.4. The summed E-state index contributed by atoms with van der Waals surface area (Å²) in [5, 5.41) is 3.12. The SMILES string of the molecule is O=C(NCCCSc1ccccc1)C1CCCN1C(=O)C12CC3CC(CC(C3)C1)C2. The third-order valence-electron chi connectivity index (χ3n) is 7.94. The highest BCUT2D eigenvalue weighted by atomic mass is 32.2. The zero-order valence-corrected chi connectivity index (χ0v) is 18.7. The summed E-state index contributed by atoms with van der Waals surface area (Å²) in [6, 6.07) is 10.1. The first-order valence-electron chi connectivity index (χ1n) is 11.9. The monoisotopic (exact) mass is 426 g/mol. The van der Waals surface area contributed by atoms with E-state index in [9.17, 15) is 9.59 Å². The molecule has 5 aliphatic rings. The molecule has 1 N–H and O–H groups in total. The van der Waals surface area contributed by atoms with Gasteiger partial charge in [0.15, 0.2) is 0 Å². The van der Waals surface area contributed by atoms with Crippen molar-refractivity contribution in [3.05, 3.63) is 30.3 Å². The maximum atomic E-state index is 13.7. The van der Waals surface area contributed by atoms with Crippen molar-refractivity contribution < 1.29 is 9.59 Å². The van der Waals surface area contributed by atoms with Gasteiger partial charge in [0.1, 0.15) is 6.04 Å². The third-order valence-corrected chi connectivity index (χ3v) is 9.04. The Kier molecular flexibility index (Phi) is 5.83. The summed E-state index contributed by atoms with van der Waals surface area (Å²) in [4.78, 5) is 29.8. The van der Waals surface area contributed by atoms with Gasteiger partial charge in [-0.25, -0.2) is 0 Å². The number of rotatable bonds is 7. The Bertz CT molecular complexity index is 745. The van der Waals surface area contributed by atoms with E-state index in [4.69, 9.17) is 0 Å². The van der Waals surface area contributed by atoms with Crippen molar-refractivity contribution >= 4 is 23.6 Å². The number of nitrogens with zero attached hydrogens (tertiary/aromatic N) is 1. The molecule has 1 aromatic rings. The number of carbonyl (C=O) groups excluding carboxylic acids is 2. The van der Waals surface area contributed by atoms with Gasteiger partial charge in [0.25, 0.3) is 0 Å². The highest BCUT2D eigenvalue weighted by molar-refractivity contribution is 7.99. The smallest absolute Gasteiger partial charge is 0.242 e. The van der Waals surface area contributed by atoms with Crippen LogP contribution in [-0.2, 0) is 9.59 Å². The molecular weight excluding hydrogens is 392 g/mol. The lowest BCUT2D eigenvalue weighted by Gasteiger charge is -2.56. The van der Waals surface area contributed by atoms with Gasteiger partial charge < -0.3 is 10.2 Å². The van der Waals surface area contributed by atoms with Crippen LogP contribution in [0.1, 0.15) is 57.8 Å². The lowest BCUT2D eigenvalue weighted by atomic mass is 9.49. The zero-order valence-electron chi connectivity index (χ0n) is 17.9. The summed E-state index contributed by atoms with van der Waals surface area (Å²) in [6.45, 7) is 1.46. The Balaban J connectivity index is 1.13. The van der Waals surface area contributed by atoms with Crippen LogP contribution in [0.25, 0.3) is 0 Å². The molecule has 6 rings (SSSR count). The van der Waals surface area contributed by atoms with Crippen LogP contribution in [0.3, 0.4) is 0 Å². The zero-order chi connectivity index (χ0) is 20.6. The van der Waals surface area contributed by atoms with E-state index in [2.05, 4.69) is 29.6 Å². The Morgan fingerprint density at radius 1 is 1.03 bits per heavy atom. The largest absolute Gasteiger partial charge is 0.354 e. The first-order valence-corrected chi connectivity index (χ1v) is 12.9. The molecule has 0 aromatic heterocycles. The molecule has 1 unspecified atom stereocenters. The first-order chi connectivity index (χ1) is 14.6. The van der Waals surface area contributed by atoms with Crippen LogP contribution >= 0.6 is 11.8 Å². The fraction of sp³-hybridized carbons (Fsp3) is 0.680. The number of nitrogens with one attached hydrogen (secondary N) is 1. The molecule has 1 heterocycles. The van der Waals surface area contributed by atoms with Crippen LogP contribution in [0.5, 0.6) is 0 Å². The van der Waals surface area contributed by atoms with E-state index in [1.165, 1.54) is 24.2 Å². The van der Waals surface area contributed by atoms with Crippen molar-refractivity contribution in [2.24, 2.45) is 23.2 Å². The predicted molar refractivity (Wildman–Crippen MR) is 120 cm³/mol. The Morgan fingerprint density at radius 3 is 2.37 bits per heavy atom. The van der Waals surface area contributed by atoms with E-state index < -0.39 is 0 Å². The number of carbonyl (C=O) groups is 2. The van der Waals surface area contributed by atoms with Gasteiger partial charge in [-0.15, -0.1) is 11.8 Å². The van der Waals surface area contributed by atoms with Crippen molar-refractivity contribution in [2.75, 3.05) is 18.8 Å². The number of thioether (sulfide) groups is 1. The van der Waals surface area contributed by atoms with E-state index in [-0.39, 0.29) is 17.4 Å². The number of benzene rings is 1. The Hall–Kier alpha value is -1.49. The van der Waals surface area contributed by atoms with Crippen LogP contribution in [0, 0.1) is 23.2 Å². The van der Waals surface area contributed by atoms with Gasteiger partial charge in [0, 0.05) is 18.0 Å². The number of hydrogen-bond acceptors (Lipinski definition) is 3. The quantitative estimate of drug-likeness (QED) is 0.516. The maximum Gasteiger partial charge on any atom is 0.242 e. The molecule has 4 bridgehead atoms. The molecule has 4 aliphatic carbocycles. The molecule has 4 saturated carbocycles. The number of amides is 2. The standard InChI is InChI=1S/C25H34N2O2S/c28-23(26-9-5-11-30-21-6-2-1-3-7-21)22-8-4-10-27(22)24(29)25-15-18-12-19(16-25)14-20(13-18)17-25/h1-3,6-7,18-20,22H,4-5,8-17H2,(H,26,28). The summed E-state index contributed by atoms with van der Waals surface area (Å²) in [5.74, 6) is 3.66. The molecule has 162 valence electrons. The number of likely N-dealkylation sites (tertiary alicyclic amines) is 1. The maximum absolute atomic E-state index is 13.7. The normalized spacial score (nSPS) is 34.3. The molecule has 4 nitrogen and oxygen atoms in total. The molecule has 1 aliphatic heterocycles. The summed E-state index contributed by atoms with van der Waals surface area (Å²) in [5.41, 5.74) is -0.135. The minimum absolute atomic E-state index is 0.0651. The van der Waals surface area contributed by atoms with Crippen molar-refractivity contribution in [3.8, 4) is 0 Å². The van der Waals surface area contributed by atoms with Crippen LogP contribution < -0.4 is 5.32 Å².